The van der Waals surface area contributed by atoms with Crippen LogP contribution in [0.4, 0.5) is 15.7 Å². The molecule has 2 amide bonds. The van der Waals surface area contributed by atoms with Gasteiger partial charge in [0, 0.05) is 43.9 Å². The zero-order chi connectivity index (χ0) is 19.6. The summed E-state index contributed by atoms with van der Waals surface area (Å²) in [5, 5.41) is 8.43. The van der Waals surface area contributed by atoms with Gasteiger partial charge >= 0.3 is 6.03 Å². The van der Waals surface area contributed by atoms with Gasteiger partial charge in [0.1, 0.15) is 5.69 Å². The molecule has 1 fully saturated rings. The highest BCUT2D eigenvalue weighted by atomic mass is 32.1. The van der Waals surface area contributed by atoms with Crippen LogP contribution in [0.5, 0.6) is 0 Å². The molecule has 1 aliphatic rings. The maximum absolute atomic E-state index is 12.6. The van der Waals surface area contributed by atoms with Crippen molar-refractivity contribution in [2.24, 2.45) is 0 Å². The number of piperazine rings is 1. The van der Waals surface area contributed by atoms with Crippen LogP contribution in [0.25, 0.3) is 22.5 Å². The third kappa shape index (κ3) is 3.49. The second kappa shape index (κ2) is 7.47. The van der Waals surface area contributed by atoms with Crippen molar-refractivity contribution in [1.82, 2.24) is 24.4 Å². The van der Waals surface area contributed by atoms with Crippen molar-refractivity contribution < 1.29 is 9.32 Å². The zero-order valence-electron chi connectivity index (χ0n) is 15.4. The van der Waals surface area contributed by atoms with E-state index >= 15 is 0 Å². The Morgan fingerprint density at radius 3 is 2.72 bits per heavy atom. The first-order valence-corrected chi connectivity index (χ1v) is 9.96. The number of para-hydroxylation sites is 1. The van der Waals surface area contributed by atoms with Gasteiger partial charge in [-0.1, -0.05) is 23.4 Å². The van der Waals surface area contributed by atoms with Crippen molar-refractivity contribution in [2.45, 2.75) is 0 Å². The van der Waals surface area contributed by atoms with Crippen LogP contribution in [0.1, 0.15) is 0 Å². The van der Waals surface area contributed by atoms with Crippen molar-refractivity contribution in [3.05, 3.63) is 48.7 Å². The number of fused-ring (bicyclic) bond motifs is 1. The maximum Gasteiger partial charge on any atom is 0.323 e. The van der Waals surface area contributed by atoms with Crippen LogP contribution in [0.3, 0.4) is 0 Å². The van der Waals surface area contributed by atoms with Gasteiger partial charge in [-0.15, -0.1) is 0 Å². The lowest BCUT2D eigenvalue weighted by atomic mass is 10.2. The molecule has 10 heteroatoms. The molecule has 5 rings (SSSR count). The Hall–Kier alpha value is -3.53. The maximum atomic E-state index is 12.6. The molecule has 146 valence electrons. The molecule has 9 nitrogen and oxygen atoms in total. The number of benzene rings is 1. The highest BCUT2D eigenvalue weighted by molar-refractivity contribution is 7.09. The summed E-state index contributed by atoms with van der Waals surface area (Å²) in [6.45, 7) is 2.54. The summed E-state index contributed by atoms with van der Waals surface area (Å²) in [7, 11) is 0. The van der Waals surface area contributed by atoms with E-state index in [1.54, 1.807) is 11.1 Å². The molecule has 1 aliphatic heterocycles. The summed E-state index contributed by atoms with van der Waals surface area (Å²) in [4.78, 5) is 25.4. The molecule has 0 radical (unpaired) electrons. The fourth-order valence-corrected chi connectivity index (χ4v) is 3.93. The summed E-state index contributed by atoms with van der Waals surface area (Å²) >= 11 is 1.35. The molecule has 4 heterocycles. The molecule has 0 atom stereocenters. The van der Waals surface area contributed by atoms with E-state index in [9.17, 15) is 4.79 Å². The van der Waals surface area contributed by atoms with E-state index in [1.807, 2.05) is 42.5 Å². The number of rotatable bonds is 3. The van der Waals surface area contributed by atoms with Crippen LogP contribution in [0.15, 0.2) is 53.2 Å². The Morgan fingerprint density at radius 2 is 1.90 bits per heavy atom. The highest BCUT2D eigenvalue weighted by Gasteiger charge is 2.24. The van der Waals surface area contributed by atoms with Crippen molar-refractivity contribution in [2.75, 3.05) is 36.4 Å². The summed E-state index contributed by atoms with van der Waals surface area (Å²) in [6, 6.07) is 12.9. The summed E-state index contributed by atoms with van der Waals surface area (Å²) < 4.78 is 9.65. The average molecular weight is 407 g/mol. The molecule has 0 unspecified atom stereocenters. The molecular weight excluding hydrogens is 390 g/mol. The zero-order valence-corrected chi connectivity index (χ0v) is 16.2. The monoisotopic (exact) mass is 407 g/mol. The number of pyridine rings is 1. The van der Waals surface area contributed by atoms with Crippen molar-refractivity contribution >= 4 is 39.5 Å². The SMILES string of the molecule is O=C(Nc1noc2ccccc12)N1CCN(c2nc(-c3ccccn3)ns2)CC1. The minimum atomic E-state index is -0.185. The van der Waals surface area contributed by atoms with Crippen molar-refractivity contribution in [1.29, 1.82) is 0 Å². The predicted molar refractivity (Wildman–Crippen MR) is 110 cm³/mol. The Bertz CT molecular complexity index is 1140. The molecule has 29 heavy (non-hydrogen) atoms. The first-order valence-electron chi connectivity index (χ1n) is 9.18. The van der Waals surface area contributed by atoms with Gasteiger partial charge in [-0.25, -0.2) is 4.79 Å². The van der Waals surface area contributed by atoms with Gasteiger partial charge in [0.2, 0.25) is 5.13 Å². The molecule has 1 N–H and O–H groups in total. The molecule has 4 aromatic rings. The van der Waals surface area contributed by atoms with E-state index in [4.69, 9.17) is 4.52 Å². The van der Waals surface area contributed by atoms with Crippen molar-refractivity contribution in [3.8, 4) is 11.5 Å². The fraction of sp³-hybridized carbons (Fsp3) is 0.211. The van der Waals surface area contributed by atoms with Gasteiger partial charge in [-0.05, 0) is 24.3 Å². The van der Waals surface area contributed by atoms with Gasteiger partial charge in [0.25, 0.3) is 0 Å². The number of aromatic nitrogens is 4. The quantitative estimate of drug-likeness (QED) is 0.557. The number of carbonyl (C=O) groups is 1. The summed E-state index contributed by atoms with van der Waals surface area (Å²) in [6.07, 6.45) is 1.73. The van der Waals surface area contributed by atoms with Gasteiger partial charge < -0.3 is 14.3 Å². The largest absolute Gasteiger partial charge is 0.354 e. The van der Waals surface area contributed by atoms with Gasteiger partial charge in [0.15, 0.2) is 17.2 Å². The topological polar surface area (TPSA) is 100 Å². The third-order valence-electron chi connectivity index (χ3n) is 4.75. The van der Waals surface area contributed by atoms with E-state index < -0.39 is 0 Å². The minimum Gasteiger partial charge on any atom is -0.354 e. The number of carbonyl (C=O) groups excluding carboxylic acids is 1. The van der Waals surface area contributed by atoms with E-state index in [2.05, 4.69) is 29.7 Å². The lowest BCUT2D eigenvalue weighted by Gasteiger charge is -2.34. The number of hydrogen-bond acceptors (Lipinski definition) is 8. The third-order valence-corrected chi connectivity index (χ3v) is 5.53. The molecule has 0 spiro atoms. The number of anilines is 2. The summed E-state index contributed by atoms with van der Waals surface area (Å²) in [5.74, 6) is 1.07. The number of hydrogen-bond donors (Lipinski definition) is 1. The van der Waals surface area contributed by atoms with Gasteiger partial charge in [-0.3, -0.25) is 10.3 Å². The molecule has 0 saturated carbocycles. The van der Waals surface area contributed by atoms with E-state index in [0.29, 0.717) is 43.4 Å². The lowest BCUT2D eigenvalue weighted by Crippen LogP contribution is -2.50. The summed E-state index contributed by atoms with van der Waals surface area (Å²) in [5.41, 5.74) is 1.40. The predicted octanol–water partition coefficient (Wildman–Crippen LogP) is 3.10. The normalized spacial score (nSPS) is 14.3. The van der Waals surface area contributed by atoms with E-state index in [1.165, 1.54) is 11.5 Å². The lowest BCUT2D eigenvalue weighted by molar-refractivity contribution is 0.208. The molecule has 0 aliphatic carbocycles. The van der Waals surface area contributed by atoms with E-state index in [-0.39, 0.29) is 6.03 Å². The highest BCUT2D eigenvalue weighted by Crippen LogP contribution is 2.25. The van der Waals surface area contributed by atoms with Crippen LogP contribution in [0, 0.1) is 0 Å². The molecule has 1 aromatic carbocycles. The number of amides is 2. The first kappa shape index (κ1) is 17.6. The average Bonchev–Trinajstić information content (AvgIpc) is 3.43. The Morgan fingerprint density at radius 1 is 1.07 bits per heavy atom. The second-order valence-electron chi connectivity index (χ2n) is 6.55. The molecule has 1 saturated heterocycles. The van der Waals surface area contributed by atoms with Crippen LogP contribution in [-0.2, 0) is 0 Å². The van der Waals surface area contributed by atoms with Crippen LogP contribution >= 0.6 is 11.5 Å². The Balaban J connectivity index is 1.21. The molecule has 0 bridgehead atoms. The minimum absolute atomic E-state index is 0.185. The van der Waals surface area contributed by atoms with E-state index in [0.717, 1.165) is 16.2 Å². The van der Waals surface area contributed by atoms with Crippen LogP contribution in [-0.4, -0.2) is 56.6 Å². The van der Waals surface area contributed by atoms with Gasteiger partial charge in [0.05, 0.1) is 5.39 Å². The fourth-order valence-electron chi connectivity index (χ4n) is 3.20. The first-order chi connectivity index (χ1) is 14.3. The smallest absolute Gasteiger partial charge is 0.323 e. The molecule has 3 aromatic heterocycles. The van der Waals surface area contributed by atoms with Crippen molar-refractivity contribution in [3.63, 3.8) is 0 Å². The Labute approximate surface area is 170 Å². The number of nitrogens with one attached hydrogen (secondary N) is 1. The van der Waals surface area contributed by atoms with Crippen LogP contribution < -0.4 is 10.2 Å². The van der Waals surface area contributed by atoms with Crippen LogP contribution in [0.2, 0.25) is 0 Å². The van der Waals surface area contributed by atoms with Gasteiger partial charge in [-0.2, -0.15) is 9.36 Å². The Kier molecular flexibility index (Phi) is 4.53. The number of urea groups is 1. The standard InChI is InChI=1S/C19H17N7O2S/c27-18(21-16-13-5-1-2-7-15(13)28-23-16)25-9-11-26(12-10-25)19-22-17(24-29-19)14-6-3-4-8-20-14/h1-8H,9-12H2,(H,21,23,27). The number of nitrogens with zero attached hydrogens (tertiary/aromatic N) is 6. The molecular formula is C19H17N7O2S. The second-order valence-corrected chi connectivity index (χ2v) is 7.28.